The van der Waals surface area contributed by atoms with Crippen molar-refractivity contribution in [1.82, 2.24) is 20.6 Å². The van der Waals surface area contributed by atoms with Crippen LogP contribution >= 0.6 is 15.9 Å². The number of H-pyrrole nitrogens is 1. The van der Waals surface area contributed by atoms with Gasteiger partial charge in [0.2, 0.25) is 5.91 Å². The molecule has 0 spiro atoms. The molecule has 0 bridgehead atoms. The Hall–Kier alpha value is -0.980. The molecule has 2 N–H and O–H groups in total. The fourth-order valence-corrected chi connectivity index (χ4v) is 0.811. The summed E-state index contributed by atoms with van der Waals surface area (Å²) in [6.45, 7) is 3.88. The van der Waals surface area contributed by atoms with Gasteiger partial charge in [0.05, 0.1) is 4.83 Å². The molecule has 1 aromatic rings. The molecule has 0 aromatic carbocycles. The van der Waals surface area contributed by atoms with E-state index in [1.54, 1.807) is 0 Å². The summed E-state index contributed by atoms with van der Waals surface area (Å²) in [7, 11) is 0. The monoisotopic (exact) mass is 247 g/mol. The van der Waals surface area contributed by atoms with Crippen molar-refractivity contribution < 1.29 is 4.79 Å². The van der Waals surface area contributed by atoms with Crippen LogP contribution in [0.5, 0.6) is 0 Å². The Morgan fingerprint density at radius 2 is 2.31 bits per heavy atom. The lowest BCUT2D eigenvalue weighted by Crippen LogP contribution is -2.27. The van der Waals surface area contributed by atoms with Gasteiger partial charge >= 0.3 is 0 Å². The number of rotatable bonds is 3. The molecular weight excluding hydrogens is 238 g/mol. The number of amides is 1. The molecule has 0 fully saturated rings. The number of halogens is 1. The lowest BCUT2D eigenvalue weighted by atomic mass is 10.1. The number of tetrazole rings is 1. The van der Waals surface area contributed by atoms with Crippen molar-refractivity contribution in [1.29, 1.82) is 0 Å². The van der Waals surface area contributed by atoms with Gasteiger partial charge in [0.25, 0.3) is 5.95 Å². The number of hydrogen-bond acceptors (Lipinski definition) is 4. The quantitative estimate of drug-likeness (QED) is 0.765. The Bertz CT molecular complexity index is 273. The normalized spacial score (nSPS) is 12.9. The van der Waals surface area contributed by atoms with Crippen LogP contribution in [-0.2, 0) is 4.79 Å². The Morgan fingerprint density at radius 1 is 1.62 bits per heavy atom. The van der Waals surface area contributed by atoms with E-state index < -0.39 is 0 Å². The van der Waals surface area contributed by atoms with Crippen LogP contribution < -0.4 is 5.32 Å². The van der Waals surface area contributed by atoms with E-state index in [0.29, 0.717) is 0 Å². The second-order valence-electron chi connectivity index (χ2n) is 2.87. The van der Waals surface area contributed by atoms with Crippen molar-refractivity contribution in [3.05, 3.63) is 0 Å². The van der Waals surface area contributed by atoms with Crippen LogP contribution in [0.4, 0.5) is 5.95 Å². The highest BCUT2D eigenvalue weighted by molar-refractivity contribution is 9.10. The maximum Gasteiger partial charge on any atom is 0.269 e. The smallest absolute Gasteiger partial charge is 0.269 e. The molecule has 0 aliphatic rings. The highest BCUT2D eigenvalue weighted by atomic mass is 79.9. The van der Waals surface area contributed by atoms with Crippen LogP contribution in [0.1, 0.15) is 13.8 Å². The molecule has 0 saturated heterocycles. The second-order valence-corrected chi connectivity index (χ2v) is 3.86. The molecule has 1 aromatic heterocycles. The van der Waals surface area contributed by atoms with Gasteiger partial charge in [-0.3, -0.25) is 10.1 Å². The van der Waals surface area contributed by atoms with Gasteiger partial charge in [0.1, 0.15) is 0 Å². The minimum absolute atomic E-state index is 0.170. The standard InChI is InChI=1S/C6H10BrN5O/c1-3(2)4(7)5(13)8-6-9-11-12-10-6/h3-4H,1-2H3,(H2,8,9,10,11,12,13). The molecular formula is C6H10BrN5O. The Morgan fingerprint density at radius 3 is 2.77 bits per heavy atom. The predicted octanol–water partition coefficient (Wildman–Crippen LogP) is 0.558. The van der Waals surface area contributed by atoms with E-state index in [0.717, 1.165) is 0 Å². The SMILES string of the molecule is CC(C)C(Br)C(=O)Nc1nn[nH]n1. The topological polar surface area (TPSA) is 83.6 Å². The first-order chi connectivity index (χ1) is 6.11. The summed E-state index contributed by atoms with van der Waals surface area (Å²) < 4.78 is 0. The van der Waals surface area contributed by atoms with Crippen LogP contribution in [0.3, 0.4) is 0 Å². The fraction of sp³-hybridized carbons (Fsp3) is 0.667. The van der Waals surface area contributed by atoms with Crippen molar-refractivity contribution in [2.45, 2.75) is 18.7 Å². The van der Waals surface area contributed by atoms with Crippen molar-refractivity contribution in [3.63, 3.8) is 0 Å². The third-order valence-electron chi connectivity index (χ3n) is 1.42. The second kappa shape index (κ2) is 4.31. The molecule has 0 aliphatic heterocycles. The van der Waals surface area contributed by atoms with E-state index in [2.05, 4.69) is 41.9 Å². The van der Waals surface area contributed by atoms with Gasteiger partial charge in [-0.1, -0.05) is 34.9 Å². The van der Waals surface area contributed by atoms with Gasteiger partial charge in [-0.2, -0.15) is 5.21 Å². The number of anilines is 1. The molecule has 0 aliphatic carbocycles. The first-order valence-corrected chi connectivity index (χ1v) is 4.71. The molecule has 6 nitrogen and oxygen atoms in total. The average Bonchev–Trinajstić information content (AvgIpc) is 2.55. The molecule has 1 heterocycles. The predicted molar refractivity (Wildman–Crippen MR) is 50.4 cm³/mol. The maximum absolute atomic E-state index is 11.4. The number of carbonyl (C=O) groups is 1. The minimum atomic E-state index is -0.244. The Kier molecular flexibility index (Phi) is 3.35. The lowest BCUT2D eigenvalue weighted by Gasteiger charge is -2.11. The van der Waals surface area contributed by atoms with Crippen molar-refractivity contribution in [2.24, 2.45) is 5.92 Å². The van der Waals surface area contributed by atoms with Crippen LogP contribution in [0.2, 0.25) is 0 Å². The van der Waals surface area contributed by atoms with Gasteiger partial charge in [-0.15, -0.1) is 5.10 Å². The van der Waals surface area contributed by atoms with Crippen molar-refractivity contribution in [2.75, 3.05) is 5.32 Å². The van der Waals surface area contributed by atoms with E-state index in [-0.39, 0.29) is 22.6 Å². The molecule has 0 radical (unpaired) electrons. The van der Waals surface area contributed by atoms with E-state index in [9.17, 15) is 4.79 Å². The van der Waals surface area contributed by atoms with Gasteiger partial charge in [-0.25, -0.2) is 0 Å². The lowest BCUT2D eigenvalue weighted by molar-refractivity contribution is -0.116. The molecule has 1 rings (SSSR count). The number of aromatic amines is 1. The number of alkyl halides is 1. The molecule has 1 unspecified atom stereocenters. The number of nitrogens with zero attached hydrogens (tertiary/aromatic N) is 3. The Labute approximate surface area is 83.6 Å². The van der Waals surface area contributed by atoms with E-state index in [1.165, 1.54) is 0 Å². The highest BCUT2D eigenvalue weighted by Gasteiger charge is 2.19. The molecule has 72 valence electrons. The molecule has 13 heavy (non-hydrogen) atoms. The van der Waals surface area contributed by atoms with E-state index in [1.807, 2.05) is 13.8 Å². The average molecular weight is 248 g/mol. The van der Waals surface area contributed by atoms with Crippen LogP contribution in [0.15, 0.2) is 0 Å². The van der Waals surface area contributed by atoms with Crippen LogP contribution in [0.25, 0.3) is 0 Å². The summed E-state index contributed by atoms with van der Waals surface area (Å²) in [6.07, 6.45) is 0. The van der Waals surface area contributed by atoms with Crippen molar-refractivity contribution in [3.8, 4) is 0 Å². The fourth-order valence-electron chi connectivity index (χ4n) is 0.697. The van der Waals surface area contributed by atoms with E-state index >= 15 is 0 Å². The number of aromatic nitrogens is 4. The first-order valence-electron chi connectivity index (χ1n) is 3.79. The maximum atomic E-state index is 11.4. The summed E-state index contributed by atoms with van der Waals surface area (Å²) in [5.41, 5.74) is 0. The number of hydrogen-bond donors (Lipinski definition) is 2. The van der Waals surface area contributed by atoms with Gasteiger partial charge in [0.15, 0.2) is 0 Å². The van der Waals surface area contributed by atoms with Gasteiger partial charge in [-0.05, 0) is 11.1 Å². The molecule has 0 saturated carbocycles. The van der Waals surface area contributed by atoms with Gasteiger partial charge in [0, 0.05) is 0 Å². The summed E-state index contributed by atoms with van der Waals surface area (Å²) in [4.78, 5) is 11.1. The van der Waals surface area contributed by atoms with Crippen LogP contribution in [-0.4, -0.2) is 31.4 Å². The summed E-state index contributed by atoms with van der Waals surface area (Å²) in [5, 5.41) is 15.3. The molecule has 7 heteroatoms. The third-order valence-corrected chi connectivity index (χ3v) is 2.89. The zero-order valence-corrected chi connectivity index (χ0v) is 8.87. The largest absolute Gasteiger partial charge is 0.291 e. The van der Waals surface area contributed by atoms with E-state index in [4.69, 9.17) is 0 Å². The zero-order valence-electron chi connectivity index (χ0n) is 7.28. The summed E-state index contributed by atoms with van der Waals surface area (Å²) in [6, 6.07) is 0. The van der Waals surface area contributed by atoms with Gasteiger partial charge < -0.3 is 0 Å². The Balaban J connectivity index is 2.51. The third kappa shape index (κ3) is 2.76. The summed E-state index contributed by atoms with van der Waals surface area (Å²) >= 11 is 3.26. The highest BCUT2D eigenvalue weighted by Crippen LogP contribution is 2.13. The van der Waals surface area contributed by atoms with Crippen molar-refractivity contribution >= 4 is 27.8 Å². The molecule has 1 amide bonds. The first kappa shape index (κ1) is 10.1. The summed E-state index contributed by atoms with van der Waals surface area (Å²) in [5.74, 6) is 0.235. The van der Waals surface area contributed by atoms with Crippen LogP contribution in [0, 0.1) is 5.92 Å². The minimum Gasteiger partial charge on any atom is -0.291 e. The zero-order chi connectivity index (χ0) is 9.84. The number of nitrogens with one attached hydrogen (secondary N) is 2. The molecule has 1 atom stereocenters. The number of carbonyl (C=O) groups excluding carboxylic acids is 1.